The van der Waals surface area contributed by atoms with Crippen molar-refractivity contribution in [1.82, 2.24) is 14.5 Å². The van der Waals surface area contributed by atoms with Crippen molar-refractivity contribution in [2.75, 3.05) is 13.1 Å². The third-order valence-corrected chi connectivity index (χ3v) is 5.00. The molecule has 1 aromatic rings. The minimum Gasteiger partial charge on any atom is -0.390 e. The first-order valence-corrected chi connectivity index (χ1v) is 7.57. The number of sulfonamides is 1. The highest BCUT2D eigenvalue weighted by Gasteiger charge is 2.29. The van der Waals surface area contributed by atoms with Gasteiger partial charge in [-0.2, -0.15) is 9.40 Å². The number of aryl methyl sites for hydroxylation is 1. The molecular weight excluding hydrogens is 254 g/mol. The summed E-state index contributed by atoms with van der Waals surface area (Å²) in [5.74, 6) is 0. The highest BCUT2D eigenvalue weighted by Crippen LogP contribution is 2.22. The Morgan fingerprint density at radius 2 is 2.06 bits per heavy atom. The van der Waals surface area contributed by atoms with Gasteiger partial charge in [-0.1, -0.05) is 20.3 Å². The molecule has 7 heteroatoms. The fraction of sp³-hybridized carbons (Fsp3) is 0.727. The third-order valence-electron chi connectivity index (χ3n) is 2.82. The summed E-state index contributed by atoms with van der Waals surface area (Å²) in [4.78, 5) is 0.114. The van der Waals surface area contributed by atoms with Crippen LogP contribution in [0.15, 0.2) is 4.90 Å². The number of unbranched alkanes of at least 4 members (excludes halogenated alkanes) is 1. The Morgan fingerprint density at radius 3 is 2.56 bits per heavy atom. The maximum absolute atomic E-state index is 12.5. The molecule has 0 radical (unpaired) electrons. The van der Waals surface area contributed by atoms with Gasteiger partial charge in [0.05, 0.1) is 12.3 Å². The SMILES string of the molecule is CCCCN(CC)S(=O)(=O)c1c(CO)n[nH]c1C. The van der Waals surface area contributed by atoms with Gasteiger partial charge in [0.25, 0.3) is 0 Å². The van der Waals surface area contributed by atoms with Crippen LogP contribution in [0.1, 0.15) is 38.1 Å². The van der Waals surface area contributed by atoms with Gasteiger partial charge < -0.3 is 5.11 Å². The molecule has 0 bridgehead atoms. The first kappa shape index (κ1) is 15.1. The fourth-order valence-electron chi connectivity index (χ4n) is 1.83. The van der Waals surface area contributed by atoms with E-state index >= 15 is 0 Å². The van der Waals surface area contributed by atoms with E-state index in [0.29, 0.717) is 18.8 Å². The highest BCUT2D eigenvalue weighted by molar-refractivity contribution is 7.89. The molecule has 18 heavy (non-hydrogen) atoms. The quantitative estimate of drug-likeness (QED) is 0.778. The smallest absolute Gasteiger partial charge is 0.246 e. The molecule has 0 unspecified atom stereocenters. The molecule has 1 heterocycles. The van der Waals surface area contributed by atoms with E-state index in [1.807, 2.05) is 6.92 Å². The normalized spacial score (nSPS) is 12.3. The number of hydrogen-bond acceptors (Lipinski definition) is 4. The zero-order chi connectivity index (χ0) is 13.8. The van der Waals surface area contributed by atoms with E-state index in [0.717, 1.165) is 12.8 Å². The van der Waals surface area contributed by atoms with Crippen molar-refractivity contribution in [3.05, 3.63) is 11.4 Å². The Kier molecular flexibility index (Phi) is 5.30. The van der Waals surface area contributed by atoms with Crippen LogP contribution >= 0.6 is 0 Å². The number of nitrogens with one attached hydrogen (secondary N) is 1. The van der Waals surface area contributed by atoms with Gasteiger partial charge in [0, 0.05) is 13.1 Å². The van der Waals surface area contributed by atoms with E-state index in [4.69, 9.17) is 5.11 Å². The van der Waals surface area contributed by atoms with Gasteiger partial charge in [-0.05, 0) is 13.3 Å². The minimum absolute atomic E-state index is 0.114. The fourth-order valence-corrected chi connectivity index (χ4v) is 3.64. The van der Waals surface area contributed by atoms with Crippen LogP contribution < -0.4 is 0 Å². The zero-order valence-corrected chi connectivity index (χ0v) is 11.9. The largest absolute Gasteiger partial charge is 0.390 e. The topological polar surface area (TPSA) is 86.3 Å². The van der Waals surface area contributed by atoms with Crippen molar-refractivity contribution in [1.29, 1.82) is 0 Å². The number of aliphatic hydroxyl groups excluding tert-OH is 1. The van der Waals surface area contributed by atoms with Crippen LogP contribution in [0.5, 0.6) is 0 Å². The molecule has 0 spiro atoms. The molecule has 1 rings (SSSR count). The zero-order valence-electron chi connectivity index (χ0n) is 11.1. The first-order chi connectivity index (χ1) is 8.48. The van der Waals surface area contributed by atoms with Gasteiger partial charge in [-0.25, -0.2) is 8.42 Å². The Morgan fingerprint density at radius 1 is 1.39 bits per heavy atom. The van der Waals surface area contributed by atoms with Crippen LogP contribution in [0.3, 0.4) is 0 Å². The Balaban J connectivity index is 3.14. The maximum Gasteiger partial charge on any atom is 0.246 e. The molecular formula is C11H21N3O3S. The average molecular weight is 275 g/mol. The third kappa shape index (κ3) is 2.90. The molecule has 6 nitrogen and oxygen atoms in total. The van der Waals surface area contributed by atoms with Gasteiger partial charge in [0.15, 0.2) is 0 Å². The molecule has 2 N–H and O–H groups in total. The van der Waals surface area contributed by atoms with Gasteiger partial charge in [-0.15, -0.1) is 0 Å². The standard InChI is InChI=1S/C11H21N3O3S/c1-4-6-7-14(5-2)18(16,17)11-9(3)12-13-10(11)8-15/h15H,4-8H2,1-3H3,(H,12,13). The Hall–Kier alpha value is -0.920. The van der Waals surface area contributed by atoms with E-state index < -0.39 is 10.0 Å². The Labute approximate surface area is 108 Å². The molecule has 1 aromatic heterocycles. The Bertz CT molecular complexity index is 482. The van der Waals surface area contributed by atoms with Crippen LogP contribution in [-0.2, 0) is 16.6 Å². The molecule has 0 saturated carbocycles. The van der Waals surface area contributed by atoms with Gasteiger partial charge >= 0.3 is 0 Å². The van der Waals surface area contributed by atoms with Crippen molar-refractivity contribution in [3.8, 4) is 0 Å². The molecule has 0 amide bonds. The van der Waals surface area contributed by atoms with E-state index in [9.17, 15) is 8.42 Å². The van der Waals surface area contributed by atoms with Gasteiger partial charge in [0.2, 0.25) is 10.0 Å². The monoisotopic (exact) mass is 275 g/mol. The number of aromatic nitrogens is 2. The summed E-state index contributed by atoms with van der Waals surface area (Å²) in [6.45, 7) is 5.99. The molecule has 0 aliphatic heterocycles. The van der Waals surface area contributed by atoms with Gasteiger partial charge in [-0.3, -0.25) is 5.10 Å². The van der Waals surface area contributed by atoms with Crippen LogP contribution in [-0.4, -0.2) is 41.1 Å². The number of nitrogens with zero attached hydrogens (tertiary/aromatic N) is 2. The predicted molar refractivity (Wildman–Crippen MR) is 68.6 cm³/mol. The lowest BCUT2D eigenvalue weighted by atomic mass is 10.3. The van der Waals surface area contributed by atoms with Crippen molar-refractivity contribution in [3.63, 3.8) is 0 Å². The molecule has 0 saturated heterocycles. The summed E-state index contributed by atoms with van der Waals surface area (Å²) in [6.07, 6.45) is 1.75. The lowest BCUT2D eigenvalue weighted by Gasteiger charge is -2.20. The first-order valence-electron chi connectivity index (χ1n) is 6.13. The molecule has 0 fully saturated rings. The lowest BCUT2D eigenvalue weighted by Crippen LogP contribution is -2.32. The van der Waals surface area contributed by atoms with Crippen LogP contribution in [0, 0.1) is 6.92 Å². The molecule has 104 valence electrons. The molecule has 0 atom stereocenters. The lowest BCUT2D eigenvalue weighted by molar-refractivity contribution is 0.273. The number of rotatable bonds is 7. The van der Waals surface area contributed by atoms with E-state index in [-0.39, 0.29) is 17.2 Å². The second-order valence-electron chi connectivity index (χ2n) is 4.13. The summed E-state index contributed by atoms with van der Waals surface area (Å²) >= 11 is 0. The minimum atomic E-state index is -3.57. The molecule has 0 aliphatic rings. The molecule has 0 aliphatic carbocycles. The maximum atomic E-state index is 12.5. The number of hydrogen-bond donors (Lipinski definition) is 2. The average Bonchev–Trinajstić information content (AvgIpc) is 2.71. The van der Waals surface area contributed by atoms with Crippen LogP contribution in [0.4, 0.5) is 0 Å². The highest BCUT2D eigenvalue weighted by atomic mass is 32.2. The van der Waals surface area contributed by atoms with Crippen molar-refractivity contribution in [2.24, 2.45) is 0 Å². The number of aliphatic hydroxyl groups is 1. The van der Waals surface area contributed by atoms with Gasteiger partial charge in [0.1, 0.15) is 10.6 Å². The van der Waals surface area contributed by atoms with E-state index in [1.165, 1.54) is 4.31 Å². The summed E-state index contributed by atoms with van der Waals surface area (Å²) in [5.41, 5.74) is 0.649. The van der Waals surface area contributed by atoms with Crippen molar-refractivity contribution in [2.45, 2.75) is 45.1 Å². The van der Waals surface area contributed by atoms with Crippen LogP contribution in [0.2, 0.25) is 0 Å². The second-order valence-corrected chi connectivity index (χ2v) is 6.01. The van der Waals surface area contributed by atoms with Crippen molar-refractivity contribution >= 4 is 10.0 Å². The van der Waals surface area contributed by atoms with Crippen LogP contribution in [0.25, 0.3) is 0 Å². The second kappa shape index (κ2) is 6.31. The predicted octanol–water partition coefficient (Wildman–Crippen LogP) is 1.02. The summed E-state index contributed by atoms with van der Waals surface area (Å²) < 4.78 is 26.4. The molecule has 0 aromatic carbocycles. The summed E-state index contributed by atoms with van der Waals surface area (Å²) in [6, 6.07) is 0. The van der Waals surface area contributed by atoms with E-state index in [1.54, 1.807) is 13.8 Å². The number of aromatic amines is 1. The number of H-pyrrole nitrogens is 1. The summed E-state index contributed by atoms with van der Waals surface area (Å²) in [5, 5.41) is 15.6. The summed E-state index contributed by atoms with van der Waals surface area (Å²) in [7, 11) is -3.57. The van der Waals surface area contributed by atoms with E-state index in [2.05, 4.69) is 10.2 Å². The van der Waals surface area contributed by atoms with Crippen molar-refractivity contribution < 1.29 is 13.5 Å².